The molecule has 10 heteroatoms. The lowest BCUT2D eigenvalue weighted by Gasteiger charge is -2.42. The van der Waals surface area contributed by atoms with Crippen LogP contribution in [0.5, 0.6) is 0 Å². The molecular weight excluding hydrogens is 809 g/mol. The van der Waals surface area contributed by atoms with Crippen LogP contribution in [-0.2, 0) is 32.5 Å². The molecule has 2 N–H and O–H groups in total. The molecule has 4 aromatic rings. The topological polar surface area (TPSA) is 119 Å². The number of ketones is 2. The van der Waals surface area contributed by atoms with E-state index >= 15 is 0 Å². The van der Waals surface area contributed by atoms with Crippen molar-refractivity contribution in [2.45, 2.75) is 166 Å². The first-order valence-electron chi connectivity index (χ1n) is 22.5. The Morgan fingerprint density at radius 2 is 0.984 bits per heavy atom. The van der Waals surface area contributed by atoms with Gasteiger partial charge in [0.05, 0.1) is 47.8 Å². The molecule has 0 bridgehead atoms. The number of carbonyl (C=O) groups excluding carboxylic acids is 2. The molecule has 6 aliphatic rings. The maximum Gasteiger partial charge on any atom is 0.229 e. The Kier molecular flexibility index (Phi) is 9.65. The first kappa shape index (κ1) is 43.3. The predicted octanol–water partition coefficient (Wildman–Crippen LogP) is 11.7. The molecule has 2 heterocycles. The first-order chi connectivity index (χ1) is 28.8. The molecule has 6 aliphatic carbocycles. The molecule has 328 valence electrons. The summed E-state index contributed by atoms with van der Waals surface area (Å²) in [6, 6.07) is 4.43. The second-order valence-corrected chi connectivity index (χ2v) is 31.8. The molecule has 2 aromatic carbocycles. The van der Waals surface area contributed by atoms with Gasteiger partial charge in [0.2, 0.25) is 11.6 Å². The zero-order chi connectivity index (χ0) is 45.0. The van der Waals surface area contributed by atoms with E-state index in [1.165, 1.54) is 0 Å². The van der Waals surface area contributed by atoms with Gasteiger partial charge in [-0.05, 0) is 134 Å². The molecule has 62 heavy (non-hydrogen) atoms. The number of fused-ring (bicyclic) bond motifs is 8. The van der Waals surface area contributed by atoms with Crippen molar-refractivity contribution in [3.05, 3.63) is 126 Å². The van der Waals surface area contributed by atoms with Gasteiger partial charge >= 0.3 is 0 Å². The van der Waals surface area contributed by atoms with Crippen LogP contribution in [0.15, 0.2) is 45.6 Å². The van der Waals surface area contributed by atoms with Gasteiger partial charge in [0.1, 0.15) is 0 Å². The van der Waals surface area contributed by atoms with Crippen molar-refractivity contribution in [1.82, 2.24) is 0 Å². The summed E-state index contributed by atoms with van der Waals surface area (Å²) in [6.45, 7) is 30.9. The number of hydrogen-bond acceptors (Lipinski definition) is 8. The van der Waals surface area contributed by atoms with Crippen LogP contribution in [0.2, 0.25) is 36.3 Å². The molecule has 0 spiro atoms. The summed E-state index contributed by atoms with van der Waals surface area (Å²) in [5, 5.41) is 22.4. The Balaban J connectivity index is 0.000000158. The van der Waals surface area contributed by atoms with Gasteiger partial charge in [-0.15, -0.1) is 0 Å². The van der Waals surface area contributed by atoms with Crippen molar-refractivity contribution in [3.8, 4) is 0 Å². The van der Waals surface area contributed by atoms with Crippen molar-refractivity contribution < 1.29 is 37.5 Å². The Labute approximate surface area is 369 Å². The zero-order valence-electron chi connectivity index (χ0n) is 39.1. The molecule has 6 atom stereocenters. The second kappa shape index (κ2) is 13.8. The van der Waals surface area contributed by atoms with Gasteiger partial charge in [-0.1, -0.05) is 78.0 Å². The highest BCUT2D eigenvalue weighted by atomic mass is 28.4. The highest BCUT2D eigenvalue weighted by Gasteiger charge is 2.54. The number of benzene rings is 2. The van der Waals surface area contributed by atoms with Crippen LogP contribution in [0.4, 0.5) is 0 Å². The van der Waals surface area contributed by atoms with Crippen LogP contribution in [0.3, 0.4) is 0 Å². The molecule has 2 aromatic heterocycles. The van der Waals surface area contributed by atoms with E-state index in [0.29, 0.717) is 11.5 Å². The van der Waals surface area contributed by atoms with E-state index < -0.39 is 39.7 Å². The highest BCUT2D eigenvalue weighted by molar-refractivity contribution is 6.74. The Morgan fingerprint density at radius 3 is 1.32 bits per heavy atom. The predicted molar refractivity (Wildman–Crippen MR) is 248 cm³/mol. The molecule has 0 radical (unpaired) electrons. The minimum Gasteiger partial charge on any atom is -0.460 e. The van der Waals surface area contributed by atoms with Gasteiger partial charge in [-0.3, -0.25) is 9.59 Å². The third kappa shape index (κ3) is 5.88. The SMILES string of the molecule is Cc1cc2c(c3c1C1(C)c4c(coc4C3=O)C=C[C@@H]1O)CCC2O[Si](C)(C)C(C)(C)C.Cc1cc2c(c3c1C1(C)c4c(coc4C3=O)C=C[C@H]1O)CCC2O[Si](C)(C)C(C)(C)C. The average molecular weight is 873 g/mol. The fourth-order valence-corrected chi connectivity index (χ4v) is 13.8. The third-order valence-electron chi connectivity index (χ3n) is 16.5. The van der Waals surface area contributed by atoms with Crippen LogP contribution in [0.1, 0.15) is 179 Å². The molecule has 8 nitrogen and oxygen atoms in total. The van der Waals surface area contributed by atoms with Crippen molar-refractivity contribution in [2.24, 2.45) is 0 Å². The number of aliphatic hydroxyl groups is 2. The minimum absolute atomic E-state index is 0.0187. The summed E-state index contributed by atoms with van der Waals surface area (Å²) in [6.07, 6.45) is 12.7. The summed E-state index contributed by atoms with van der Waals surface area (Å²) in [5.41, 5.74) is 12.0. The van der Waals surface area contributed by atoms with Crippen molar-refractivity contribution in [3.63, 3.8) is 0 Å². The second-order valence-electron chi connectivity index (χ2n) is 22.3. The van der Waals surface area contributed by atoms with Gasteiger partial charge < -0.3 is 27.9 Å². The van der Waals surface area contributed by atoms with E-state index in [1.807, 2.05) is 38.2 Å². The summed E-state index contributed by atoms with van der Waals surface area (Å²) >= 11 is 0. The number of furan rings is 2. The molecule has 0 saturated heterocycles. The standard InChI is InChI=1S/2C26H32O4Si/c2*1-14-12-17-16(9-10-18(17)30-31(6,7)25(2,3)4)20-21(14)26(5)19(27)11-8-15-13-29-24(22(15)26)23(20)28/h2*8,11-13,18-19,27H,9-10H2,1-7H3/t2*18?,19-,26?/m10/s1. The molecule has 10 rings (SSSR count). The summed E-state index contributed by atoms with van der Waals surface area (Å²) in [5.74, 6) is 0.665. The van der Waals surface area contributed by atoms with Gasteiger partial charge in [-0.25, -0.2) is 0 Å². The Hall–Kier alpha value is -3.91. The fourth-order valence-electron chi connectivity index (χ4n) is 11.1. The van der Waals surface area contributed by atoms with E-state index in [0.717, 1.165) is 104 Å². The lowest BCUT2D eigenvalue weighted by molar-refractivity contribution is 0.0971. The molecule has 0 amide bonds. The van der Waals surface area contributed by atoms with Crippen molar-refractivity contribution in [2.75, 3.05) is 0 Å². The van der Waals surface area contributed by atoms with Gasteiger partial charge in [-0.2, -0.15) is 0 Å². The molecule has 0 saturated carbocycles. The average Bonchev–Trinajstić information content (AvgIpc) is 3.98. The van der Waals surface area contributed by atoms with Gasteiger partial charge in [0.25, 0.3) is 0 Å². The van der Waals surface area contributed by atoms with Gasteiger partial charge in [0, 0.05) is 33.4 Å². The maximum atomic E-state index is 13.7. The Morgan fingerprint density at radius 1 is 0.629 bits per heavy atom. The van der Waals surface area contributed by atoms with E-state index in [4.69, 9.17) is 17.7 Å². The van der Waals surface area contributed by atoms with Crippen LogP contribution in [-0.4, -0.2) is 50.6 Å². The van der Waals surface area contributed by atoms with Gasteiger partial charge in [0.15, 0.2) is 28.2 Å². The largest absolute Gasteiger partial charge is 0.460 e. The Bertz CT molecular complexity index is 2480. The van der Waals surface area contributed by atoms with E-state index in [2.05, 4.69) is 93.7 Å². The summed E-state index contributed by atoms with van der Waals surface area (Å²) in [4.78, 5) is 27.4. The lowest BCUT2D eigenvalue weighted by atomic mass is 9.61. The monoisotopic (exact) mass is 872 g/mol. The third-order valence-corrected chi connectivity index (χ3v) is 25.5. The van der Waals surface area contributed by atoms with Crippen LogP contribution < -0.4 is 0 Å². The normalized spacial score (nSPS) is 26.6. The zero-order valence-corrected chi connectivity index (χ0v) is 41.1. The summed E-state index contributed by atoms with van der Waals surface area (Å²) < 4.78 is 25.2. The van der Waals surface area contributed by atoms with Crippen LogP contribution >= 0.6 is 0 Å². The number of rotatable bonds is 4. The lowest BCUT2D eigenvalue weighted by Crippen LogP contribution is -2.44. The summed E-state index contributed by atoms with van der Waals surface area (Å²) in [7, 11) is -3.90. The molecule has 0 fully saturated rings. The maximum absolute atomic E-state index is 13.7. The van der Waals surface area contributed by atoms with E-state index in [1.54, 1.807) is 12.5 Å². The quantitative estimate of drug-likeness (QED) is 0.195. The van der Waals surface area contributed by atoms with E-state index in [9.17, 15) is 19.8 Å². The highest BCUT2D eigenvalue weighted by Crippen LogP contribution is 2.56. The fraction of sp³-hybridized carbons (Fsp3) is 0.500. The smallest absolute Gasteiger partial charge is 0.229 e. The molecule has 0 aliphatic heterocycles. The molecular formula is C52H64O8Si2. The van der Waals surface area contributed by atoms with Crippen LogP contribution in [0, 0.1) is 13.8 Å². The van der Waals surface area contributed by atoms with E-state index in [-0.39, 0.29) is 33.9 Å². The van der Waals surface area contributed by atoms with Crippen molar-refractivity contribution >= 4 is 40.4 Å². The minimum atomic E-state index is -1.95. The number of hydrogen-bond donors (Lipinski definition) is 2. The number of carbonyl (C=O) groups is 2. The van der Waals surface area contributed by atoms with Crippen LogP contribution in [0.25, 0.3) is 12.2 Å². The first-order valence-corrected chi connectivity index (χ1v) is 28.3. The molecule has 4 unspecified atom stereocenters. The van der Waals surface area contributed by atoms with Crippen molar-refractivity contribution in [1.29, 1.82) is 0 Å². The number of aliphatic hydroxyl groups excluding tert-OH is 2. The number of aryl methyl sites for hydroxylation is 2.